The van der Waals surface area contributed by atoms with E-state index in [0.29, 0.717) is 17.2 Å². The minimum atomic E-state index is -0.219. The quantitative estimate of drug-likeness (QED) is 0.652. The van der Waals surface area contributed by atoms with Crippen molar-refractivity contribution in [1.82, 2.24) is 9.97 Å². The highest BCUT2D eigenvalue weighted by atomic mass is 19.1. The predicted octanol–water partition coefficient (Wildman–Crippen LogP) is 2.76. The average molecular weight is 272 g/mol. The summed E-state index contributed by atoms with van der Waals surface area (Å²) in [6.45, 7) is 1.74. The third-order valence-electron chi connectivity index (χ3n) is 3.74. The van der Waals surface area contributed by atoms with Crippen LogP contribution in [0.4, 0.5) is 10.2 Å². The number of aryl methyl sites for hydroxylation is 2. The third kappa shape index (κ3) is 2.25. The van der Waals surface area contributed by atoms with E-state index in [1.807, 2.05) is 0 Å². The summed E-state index contributed by atoms with van der Waals surface area (Å²) in [5, 5.41) is 0. The van der Waals surface area contributed by atoms with E-state index in [0.717, 1.165) is 42.5 Å². The maximum absolute atomic E-state index is 13.4. The van der Waals surface area contributed by atoms with Crippen molar-refractivity contribution in [3.8, 4) is 11.4 Å². The van der Waals surface area contributed by atoms with Crippen LogP contribution in [0.1, 0.15) is 29.7 Å². The lowest BCUT2D eigenvalue weighted by Gasteiger charge is -2.18. The highest BCUT2D eigenvalue weighted by Gasteiger charge is 2.18. The summed E-state index contributed by atoms with van der Waals surface area (Å²) in [5.41, 5.74) is 6.23. The summed E-state index contributed by atoms with van der Waals surface area (Å²) in [7, 11) is 0. The van der Waals surface area contributed by atoms with Crippen LogP contribution in [0.5, 0.6) is 0 Å². The zero-order chi connectivity index (χ0) is 14.1. The van der Waals surface area contributed by atoms with E-state index in [-0.39, 0.29) is 5.82 Å². The van der Waals surface area contributed by atoms with Crippen molar-refractivity contribution >= 4 is 5.82 Å². The van der Waals surface area contributed by atoms with Crippen molar-refractivity contribution in [3.63, 3.8) is 0 Å². The molecule has 1 aromatic heterocycles. The fourth-order valence-electron chi connectivity index (χ4n) is 2.63. The molecule has 0 amide bonds. The number of nitrogen functional groups attached to an aromatic ring is 1. The minimum Gasteiger partial charge on any atom is -0.308 e. The topological polar surface area (TPSA) is 63.8 Å². The molecule has 5 heteroatoms. The van der Waals surface area contributed by atoms with Gasteiger partial charge in [-0.3, -0.25) is 0 Å². The summed E-state index contributed by atoms with van der Waals surface area (Å²) < 4.78 is 13.4. The van der Waals surface area contributed by atoms with E-state index < -0.39 is 0 Å². The van der Waals surface area contributed by atoms with Gasteiger partial charge >= 0.3 is 0 Å². The monoisotopic (exact) mass is 272 g/mol. The number of hydrogen-bond donors (Lipinski definition) is 2. The Kier molecular flexibility index (Phi) is 3.36. The van der Waals surface area contributed by atoms with Crippen LogP contribution in [0.3, 0.4) is 0 Å². The second kappa shape index (κ2) is 5.17. The Morgan fingerprint density at radius 1 is 1.20 bits per heavy atom. The van der Waals surface area contributed by atoms with Gasteiger partial charge in [-0.1, -0.05) is 0 Å². The van der Waals surface area contributed by atoms with Gasteiger partial charge in [0.05, 0.1) is 0 Å². The number of anilines is 1. The van der Waals surface area contributed by atoms with Crippen LogP contribution < -0.4 is 11.3 Å². The number of nitrogens with two attached hydrogens (primary N) is 1. The number of benzene rings is 1. The lowest BCUT2D eigenvalue weighted by atomic mass is 9.96. The van der Waals surface area contributed by atoms with Gasteiger partial charge in [0, 0.05) is 16.8 Å². The lowest BCUT2D eigenvalue weighted by Crippen LogP contribution is -2.17. The van der Waals surface area contributed by atoms with E-state index >= 15 is 0 Å². The molecule has 3 rings (SSSR count). The number of hydrazine groups is 1. The molecule has 0 bridgehead atoms. The van der Waals surface area contributed by atoms with Gasteiger partial charge in [0.1, 0.15) is 11.6 Å². The molecule has 3 N–H and O–H groups in total. The molecule has 0 unspecified atom stereocenters. The Balaban J connectivity index is 2.11. The van der Waals surface area contributed by atoms with Crippen molar-refractivity contribution in [2.24, 2.45) is 5.84 Å². The zero-order valence-corrected chi connectivity index (χ0v) is 11.4. The van der Waals surface area contributed by atoms with Crippen molar-refractivity contribution in [2.45, 2.75) is 32.6 Å². The number of nitrogens with zero attached hydrogens (tertiary/aromatic N) is 2. The van der Waals surface area contributed by atoms with Gasteiger partial charge in [0.25, 0.3) is 0 Å². The normalized spacial score (nSPS) is 13.9. The number of fused-ring (bicyclic) bond motifs is 1. The summed E-state index contributed by atoms with van der Waals surface area (Å²) in [4.78, 5) is 9.11. The molecule has 20 heavy (non-hydrogen) atoms. The van der Waals surface area contributed by atoms with Crippen LogP contribution in [-0.2, 0) is 12.8 Å². The molecule has 1 aliphatic carbocycles. The fourth-order valence-corrected chi connectivity index (χ4v) is 2.63. The molecule has 0 aliphatic heterocycles. The second-order valence-corrected chi connectivity index (χ2v) is 5.14. The van der Waals surface area contributed by atoms with Crippen LogP contribution in [0.25, 0.3) is 11.4 Å². The summed E-state index contributed by atoms with van der Waals surface area (Å²) in [6.07, 6.45) is 4.17. The first-order valence-electron chi connectivity index (χ1n) is 6.82. The molecule has 1 aliphatic rings. The maximum Gasteiger partial charge on any atom is 0.161 e. The minimum absolute atomic E-state index is 0.219. The number of hydrogen-bond acceptors (Lipinski definition) is 4. The van der Waals surface area contributed by atoms with Crippen LogP contribution >= 0.6 is 0 Å². The van der Waals surface area contributed by atoms with Crippen LogP contribution in [0, 0.1) is 12.7 Å². The molecule has 0 radical (unpaired) electrons. The Morgan fingerprint density at radius 3 is 2.75 bits per heavy atom. The molecule has 0 saturated carbocycles. The molecule has 4 nitrogen and oxygen atoms in total. The number of nitrogens with one attached hydrogen (secondary N) is 1. The molecule has 2 aromatic rings. The van der Waals surface area contributed by atoms with Gasteiger partial charge in [-0.05, 0) is 56.4 Å². The van der Waals surface area contributed by atoms with Gasteiger partial charge in [-0.15, -0.1) is 0 Å². The molecular formula is C15H17FN4. The third-order valence-corrected chi connectivity index (χ3v) is 3.74. The van der Waals surface area contributed by atoms with E-state index in [4.69, 9.17) is 5.84 Å². The van der Waals surface area contributed by atoms with Crippen LogP contribution in [-0.4, -0.2) is 9.97 Å². The van der Waals surface area contributed by atoms with Crippen molar-refractivity contribution in [2.75, 3.05) is 5.43 Å². The van der Waals surface area contributed by atoms with E-state index in [1.165, 1.54) is 6.07 Å². The SMILES string of the molecule is Cc1cc(-c2nc3c(c(NN)n2)CCCC3)ccc1F. The molecule has 0 atom stereocenters. The molecule has 0 fully saturated rings. The number of aromatic nitrogens is 2. The van der Waals surface area contributed by atoms with Crippen LogP contribution in [0.2, 0.25) is 0 Å². The van der Waals surface area contributed by atoms with Gasteiger partial charge in [0.2, 0.25) is 0 Å². The van der Waals surface area contributed by atoms with Crippen molar-refractivity contribution in [1.29, 1.82) is 0 Å². The summed E-state index contributed by atoms with van der Waals surface area (Å²) in [6, 6.07) is 4.91. The lowest BCUT2D eigenvalue weighted by molar-refractivity contribution is 0.618. The van der Waals surface area contributed by atoms with Crippen molar-refractivity contribution in [3.05, 3.63) is 40.8 Å². The Hall–Kier alpha value is -2.01. The largest absolute Gasteiger partial charge is 0.308 e. The summed E-state index contributed by atoms with van der Waals surface area (Å²) in [5.74, 6) is 6.64. The highest BCUT2D eigenvalue weighted by Crippen LogP contribution is 2.28. The molecule has 0 spiro atoms. The molecule has 1 aromatic carbocycles. The molecule has 1 heterocycles. The average Bonchev–Trinajstić information content (AvgIpc) is 2.49. The summed E-state index contributed by atoms with van der Waals surface area (Å²) >= 11 is 0. The molecular weight excluding hydrogens is 255 g/mol. The first kappa shape index (κ1) is 13.0. The zero-order valence-electron chi connectivity index (χ0n) is 11.4. The van der Waals surface area contributed by atoms with Crippen LogP contribution in [0.15, 0.2) is 18.2 Å². The Bertz CT molecular complexity index is 637. The molecule has 0 saturated heterocycles. The maximum atomic E-state index is 13.4. The first-order chi connectivity index (χ1) is 9.69. The van der Waals surface area contributed by atoms with Gasteiger partial charge in [0.15, 0.2) is 5.82 Å². The standard InChI is InChI=1S/C15H17FN4/c1-9-8-10(6-7-12(9)16)14-18-13-5-3-2-4-11(13)15(19-14)20-17/h6-8H,2-5,17H2,1H3,(H,18,19,20). The van der Waals surface area contributed by atoms with E-state index in [1.54, 1.807) is 19.1 Å². The fraction of sp³-hybridized carbons (Fsp3) is 0.333. The smallest absolute Gasteiger partial charge is 0.161 e. The van der Waals surface area contributed by atoms with Gasteiger partial charge < -0.3 is 5.43 Å². The molecule has 104 valence electrons. The van der Waals surface area contributed by atoms with Gasteiger partial charge in [-0.2, -0.15) is 0 Å². The van der Waals surface area contributed by atoms with E-state index in [9.17, 15) is 4.39 Å². The van der Waals surface area contributed by atoms with Gasteiger partial charge in [-0.25, -0.2) is 20.2 Å². The first-order valence-corrected chi connectivity index (χ1v) is 6.82. The van der Waals surface area contributed by atoms with Crippen molar-refractivity contribution < 1.29 is 4.39 Å². The Labute approximate surface area is 117 Å². The number of halogens is 1. The second-order valence-electron chi connectivity index (χ2n) is 5.14. The predicted molar refractivity (Wildman–Crippen MR) is 76.6 cm³/mol. The Morgan fingerprint density at radius 2 is 2.00 bits per heavy atom. The number of rotatable bonds is 2. The van der Waals surface area contributed by atoms with E-state index in [2.05, 4.69) is 15.4 Å². The highest BCUT2D eigenvalue weighted by molar-refractivity contribution is 5.61.